The molecule has 1 saturated heterocycles. The molecule has 0 saturated carbocycles. The normalized spacial score (nSPS) is 21.3. The highest BCUT2D eigenvalue weighted by Crippen LogP contribution is 2.68. The maximum Gasteiger partial charge on any atom is 0.490 e. The number of ether oxygens (including phenoxy) is 2. The zero-order valence-electron chi connectivity index (χ0n) is 50.9. The molecular weight excluding hydrogens is 1290 g/mol. The molecule has 1 fully saturated rings. The number of nitrogens with one attached hydrogen (secondary N) is 1. The summed E-state index contributed by atoms with van der Waals surface area (Å²) < 4.78 is 139. The Morgan fingerprint density at radius 3 is 2.16 bits per heavy atom. The standard InChI is InChI=1S/C55H78N11O20P3S2/c1-6-64-42-26-24-38(90(75,76)77)33-40(42)54(2,3)45(64)21-13-11-14-22-46-55(4,5)41-34-39(91(78,79)80)25-27-43(41)65(46)30-18-12-15-23-47(67)58-28-16-7-9-19-31-81-50-49(68)44(84-53(50)66-37-61-48-51(56)59-36-60-52(48)66)35-83-88(71,72)86-89(73,74)85-87(69,70)82-32-20-10-8-17-29-62-63-57/h11,13-14,21-22,24-27,33-34,36-37,44,49-50,53,68H,6-10,12,15-20,23,28-32,35H2,1-5H3,(H7-,56,58,59,60,67,69,70,71,72,73,74,75,76,77,78,79,80)/p+1/t44-,49-,50-,53-/m1/s1. The molecule has 7 rings (SSSR count). The number of allylic oxidation sites excluding steroid dienone is 6. The van der Waals surface area contributed by atoms with Crippen LogP contribution in [0.15, 0.2) is 100 Å². The van der Waals surface area contributed by atoms with E-state index in [1.54, 1.807) is 12.1 Å². The highest BCUT2D eigenvalue weighted by atomic mass is 32.2. The molecule has 3 aliphatic heterocycles. The highest BCUT2D eigenvalue weighted by Gasteiger charge is 2.49. The second-order valence-corrected chi connectivity index (χ2v) is 30.2. The number of amides is 1. The summed E-state index contributed by atoms with van der Waals surface area (Å²) in [7, 11) is -25.6. The minimum atomic E-state index is -5.80. The van der Waals surface area contributed by atoms with Gasteiger partial charge >= 0.3 is 23.5 Å². The first kappa shape index (κ1) is 72.8. The summed E-state index contributed by atoms with van der Waals surface area (Å²) in [5.74, 6) is -0.0656. The molecule has 9 N–H and O–H groups in total. The van der Waals surface area contributed by atoms with E-state index in [0.717, 1.165) is 33.9 Å². The Labute approximate surface area is 527 Å². The van der Waals surface area contributed by atoms with Crippen molar-refractivity contribution in [2.45, 2.75) is 157 Å². The lowest BCUT2D eigenvalue weighted by atomic mass is 9.81. The largest absolute Gasteiger partial charge is 0.490 e. The molecule has 2 aromatic carbocycles. The molecule has 0 aliphatic carbocycles. The number of aromatic nitrogens is 4. The number of nitrogens with two attached hydrogens (primary N) is 1. The number of phosphoric acid groups is 3. The Morgan fingerprint density at radius 2 is 1.47 bits per heavy atom. The van der Waals surface area contributed by atoms with Crippen LogP contribution >= 0.6 is 23.5 Å². The summed E-state index contributed by atoms with van der Waals surface area (Å²) in [5, 5.41) is 17.8. The van der Waals surface area contributed by atoms with Crippen molar-refractivity contribution in [3.05, 3.63) is 107 Å². The first-order valence-electron chi connectivity index (χ1n) is 29.4. The Kier molecular flexibility index (Phi) is 24.9. The number of hydrogen-bond acceptors (Lipinski definition) is 21. The molecule has 7 atom stereocenters. The van der Waals surface area contributed by atoms with Gasteiger partial charge in [-0.15, -0.1) is 0 Å². The lowest BCUT2D eigenvalue weighted by Gasteiger charge is -2.25. The van der Waals surface area contributed by atoms with Gasteiger partial charge in [-0.05, 0) is 107 Å². The number of phosphoric ester groups is 2. The zero-order chi connectivity index (χ0) is 66.6. The number of likely N-dealkylation sites (N-methyl/N-ethyl adjacent to an activating group) is 1. The van der Waals surface area contributed by atoms with Crippen molar-refractivity contribution in [1.29, 1.82) is 0 Å². The fourth-order valence-corrected chi connectivity index (χ4v) is 15.6. The van der Waals surface area contributed by atoms with Gasteiger partial charge in [0.15, 0.2) is 23.4 Å². The molecule has 5 heterocycles. The van der Waals surface area contributed by atoms with E-state index >= 15 is 0 Å². The lowest BCUT2D eigenvalue weighted by molar-refractivity contribution is -0.438. The molecule has 3 aliphatic rings. The van der Waals surface area contributed by atoms with E-state index in [1.807, 2.05) is 65.0 Å². The van der Waals surface area contributed by atoms with Crippen LogP contribution < -0.4 is 16.0 Å². The van der Waals surface area contributed by atoms with E-state index in [1.165, 1.54) is 41.5 Å². The number of aliphatic hydroxyl groups excluding tert-OH is 1. The minimum Gasteiger partial charge on any atom is -0.387 e. The Balaban J connectivity index is 0.864. The highest BCUT2D eigenvalue weighted by molar-refractivity contribution is 7.86. The van der Waals surface area contributed by atoms with Gasteiger partial charge in [0.1, 0.15) is 36.7 Å². The van der Waals surface area contributed by atoms with Crippen molar-refractivity contribution in [2.24, 2.45) is 5.11 Å². The van der Waals surface area contributed by atoms with Gasteiger partial charge in [0.05, 0.1) is 34.7 Å². The first-order chi connectivity index (χ1) is 42.8. The Bertz CT molecular complexity index is 3840. The van der Waals surface area contributed by atoms with Crippen molar-refractivity contribution in [3.63, 3.8) is 0 Å². The summed E-state index contributed by atoms with van der Waals surface area (Å²) in [4.78, 5) is 60.0. The third-order valence-corrected chi connectivity index (χ3v) is 21.6. The Morgan fingerprint density at radius 1 is 0.824 bits per heavy atom. The van der Waals surface area contributed by atoms with E-state index in [0.29, 0.717) is 90.3 Å². The number of azide groups is 1. The average Bonchev–Trinajstić information content (AvgIpc) is 1.61. The summed E-state index contributed by atoms with van der Waals surface area (Å²) in [6, 6.07) is 9.15. The van der Waals surface area contributed by atoms with E-state index < -0.39 is 92.3 Å². The van der Waals surface area contributed by atoms with E-state index in [4.69, 9.17) is 25.3 Å². The van der Waals surface area contributed by atoms with Crippen molar-refractivity contribution in [3.8, 4) is 0 Å². The first-order valence-corrected chi connectivity index (χ1v) is 36.8. The van der Waals surface area contributed by atoms with Gasteiger partial charge in [-0.2, -0.15) is 30.0 Å². The molecule has 31 nitrogen and oxygen atoms in total. The third-order valence-electron chi connectivity index (χ3n) is 15.6. The number of rotatable bonds is 36. The smallest absolute Gasteiger partial charge is 0.387 e. The van der Waals surface area contributed by atoms with Gasteiger partial charge in [0, 0.05) is 78.5 Å². The SMILES string of the molecule is CCN1/C(=C/C=C/C=C/C2=[N+](CCCCCC(=O)NCCCCCCO[C@@H]3[C@H](O)[C@@H](COP(=O)(O)OP(=O)(O)OP(=O)(O)OCCCCCCN=[N+]=[N-])O[C@H]3n3cnc4c(N)ncnc43)c3ccc(S(=O)(=O)O)cc3C2(C)C)C(C)(C)c2cc(S(=O)(=O)O)ccc21. The van der Waals surface area contributed by atoms with Crippen LogP contribution in [0.4, 0.5) is 17.2 Å². The quantitative estimate of drug-likeness (QED) is 0.00308. The maximum absolute atomic E-state index is 12.9. The van der Waals surface area contributed by atoms with Crippen LogP contribution in [0.5, 0.6) is 0 Å². The van der Waals surface area contributed by atoms with Crippen molar-refractivity contribution in [2.75, 3.05) is 56.6 Å². The van der Waals surface area contributed by atoms with Gasteiger partial charge in [0.2, 0.25) is 11.6 Å². The molecule has 2 aromatic heterocycles. The van der Waals surface area contributed by atoms with Crippen LogP contribution in [0, 0.1) is 0 Å². The number of aliphatic hydroxyl groups is 1. The maximum atomic E-state index is 12.9. The molecule has 1 amide bonds. The molecule has 3 unspecified atom stereocenters. The Hall–Kier alpha value is -5.63. The van der Waals surface area contributed by atoms with E-state index in [-0.39, 0.29) is 52.3 Å². The average molecular weight is 1370 g/mol. The monoisotopic (exact) mass is 1370 g/mol. The predicted octanol–water partition coefficient (Wildman–Crippen LogP) is 8.91. The van der Waals surface area contributed by atoms with Crippen molar-refractivity contribution >= 4 is 83.7 Å². The summed E-state index contributed by atoms with van der Waals surface area (Å²) in [5.41, 5.74) is 18.4. The predicted molar refractivity (Wildman–Crippen MR) is 333 cm³/mol. The molecule has 0 bridgehead atoms. The van der Waals surface area contributed by atoms with E-state index in [2.05, 4.69) is 52.9 Å². The number of anilines is 2. The minimum absolute atomic E-state index is 0.0431. The molecular formula is C55H79N11O20P3S2+. The molecule has 91 heavy (non-hydrogen) atoms. The number of carbonyl (C=O) groups is 1. The molecule has 0 spiro atoms. The number of unbranched alkanes of at least 4 members (excludes halogenated alkanes) is 8. The van der Waals surface area contributed by atoms with Gasteiger partial charge in [-0.25, -0.2) is 28.6 Å². The van der Waals surface area contributed by atoms with Crippen LogP contribution in [-0.4, -0.2) is 146 Å². The van der Waals surface area contributed by atoms with Crippen LogP contribution in [0.3, 0.4) is 0 Å². The fourth-order valence-electron chi connectivity index (χ4n) is 11.1. The number of hydrogen-bond donors (Lipinski definition) is 8. The molecule has 4 aromatic rings. The zero-order valence-corrected chi connectivity index (χ0v) is 55.2. The van der Waals surface area contributed by atoms with Crippen molar-refractivity contribution in [1.82, 2.24) is 24.8 Å². The third kappa shape index (κ3) is 19.0. The lowest BCUT2D eigenvalue weighted by Crippen LogP contribution is -2.36. The van der Waals surface area contributed by atoms with Gasteiger partial charge in [0.25, 0.3) is 20.2 Å². The van der Waals surface area contributed by atoms with Crippen LogP contribution in [0.2, 0.25) is 0 Å². The van der Waals surface area contributed by atoms with Crippen LogP contribution in [0.1, 0.15) is 129 Å². The summed E-state index contributed by atoms with van der Waals surface area (Å²) in [6.07, 6.45) is 13.3. The summed E-state index contributed by atoms with van der Waals surface area (Å²) in [6.45, 7) is 10.5. The molecule has 36 heteroatoms. The second-order valence-electron chi connectivity index (χ2n) is 22.8. The summed E-state index contributed by atoms with van der Waals surface area (Å²) >= 11 is 0. The van der Waals surface area contributed by atoms with Gasteiger partial charge in [-0.1, -0.05) is 62.9 Å². The number of nitrogens with zero attached hydrogens (tertiary/aromatic N) is 9. The van der Waals surface area contributed by atoms with Gasteiger partial charge in [-0.3, -0.25) is 27.5 Å². The fraction of sp³-hybridized carbons (Fsp3) is 0.545. The number of benzene rings is 2. The number of imidazole rings is 1. The number of nitrogen functional groups attached to an aromatic ring is 1. The second kappa shape index (κ2) is 31.1. The van der Waals surface area contributed by atoms with E-state index in [9.17, 15) is 64.2 Å². The molecule has 500 valence electrons. The molecule has 0 radical (unpaired) electrons. The van der Waals surface area contributed by atoms with Gasteiger partial charge < -0.3 is 45.2 Å². The number of fused-ring (bicyclic) bond motifs is 3. The van der Waals surface area contributed by atoms with Crippen LogP contribution in [-0.2, 0) is 76.7 Å². The number of carbonyl (C=O) groups excluding carboxylic acids is 1. The topological polar surface area (TPSA) is 450 Å². The van der Waals surface area contributed by atoms with Crippen molar-refractivity contribution < 1.29 is 95.9 Å². The van der Waals surface area contributed by atoms with Crippen LogP contribution in [0.25, 0.3) is 21.6 Å².